The van der Waals surface area contributed by atoms with E-state index in [1.807, 2.05) is 24.3 Å². The Morgan fingerprint density at radius 1 is 1.19 bits per heavy atom. The third kappa shape index (κ3) is 2.84. The Balaban J connectivity index is 1.95. The van der Waals surface area contributed by atoms with E-state index in [0.29, 0.717) is 26.1 Å². The van der Waals surface area contributed by atoms with Gasteiger partial charge in [-0.25, -0.2) is 0 Å². The molecule has 2 saturated heterocycles. The van der Waals surface area contributed by atoms with Gasteiger partial charge in [0.15, 0.2) is 6.29 Å². The highest BCUT2D eigenvalue weighted by atomic mass is 16.7. The Bertz CT molecular complexity index is 477. The van der Waals surface area contributed by atoms with Crippen LogP contribution in [0.4, 0.5) is 0 Å². The van der Waals surface area contributed by atoms with Crippen LogP contribution in [-0.2, 0) is 19.8 Å². The van der Waals surface area contributed by atoms with Crippen LogP contribution in [0.25, 0.3) is 0 Å². The van der Waals surface area contributed by atoms with Gasteiger partial charge < -0.3 is 24.6 Å². The van der Waals surface area contributed by atoms with Gasteiger partial charge in [0.25, 0.3) is 0 Å². The third-order valence-corrected chi connectivity index (χ3v) is 4.42. The van der Waals surface area contributed by atoms with Gasteiger partial charge in [-0.05, 0) is 18.4 Å². The molecule has 0 aliphatic carbocycles. The van der Waals surface area contributed by atoms with Gasteiger partial charge >= 0.3 is 0 Å². The van der Waals surface area contributed by atoms with Crippen molar-refractivity contribution in [2.75, 3.05) is 27.4 Å². The predicted octanol–water partition coefficient (Wildman–Crippen LogP) is 1.32. The highest BCUT2D eigenvalue weighted by Gasteiger charge is 2.43. The first kappa shape index (κ1) is 14.9. The smallest absolute Gasteiger partial charge is 0.183 e. The second kappa shape index (κ2) is 6.02. The van der Waals surface area contributed by atoms with Gasteiger partial charge in [0.1, 0.15) is 0 Å². The summed E-state index contributed by atoms with van der Waals surface area (Å²) in [5.74, 6) is 0. The first-order valence-corrected chi connectivity index (χ1v) is 7.37. The standard InChI is InChI=1S/C16H23NO4/c1-19-15(20-2)13-5-3-4-6-14(13)16(18)7-11-9-21-10-12(8-16)17-11/h3-6,11-12,15,17-18H,7-10H2,1-2H3. The molecule has 21 heavy (non-hydrogen) atoms. The molecule has 2 aliphatic rings. The molecule has 2 atom stereocenters. The molecule has 2 heterocycles. The number of rotatable bonds is 4. The van der Waals surface area contributed by atoms with Gasteiger partial charge in [-0.3, -0.25) is 0 Å². The molecule has 0 amide bonds. The lowest BCUT2D eigenvalue weighted by molar-refractivity contribution is -0.113. The summed E-state index contributed by atoms with van der Waals surface area (Å²) in [4.78, 5) is 0. The van der Waals surface area contributed by atoms with Crippen molar-refractivity contribution in [1.82, 2.24) is 5.32 Å². The summed E-state index contributed by atoms with van der Waals surface area (Å²) < 4.78 is 16.3. The first-order valence-electron chi connectivity index (χ1n) is 7.37. The fourth-order valence-corrected chi connectivity index (χ4v) is 3.61. The molecular formula is C16H23NO4. The van der Waals surface area contributed by atoms with Gasteiger partial charge in [-0.2, -0.15) is 0 Å². The predicted molar refractivity (Wildman–Crippen MR) is 77.9 cm³/mol. The van der Waals surface area contributed by atoms with Gasteiger partial charge in [-0.15, -0.1) is 0 Å². The van der Waals surface area contributed by atoms with Crippen molar-refractivity contribution in [3.8, 4) is 0 Å². The quantitative estimate of drug-likeness (QED) is 0.820. The van der Waals surface area contributed by atoms with E-state index in [2.05, 4.69) is 5.32 Å². The van der Waals surface area contributed by atoms with E-state index >= 15 is 0 Å². The van der Waals surface area contributed by atoms with Crippen LogP contribution in [0.2, 0.25) is 0 Å². The summed E-state index contributed by atoms with van der Waals surface area (Å²) in [6.45, 7) is 1.30. The summed E-state index contributed by atoms with van der Waals surface area (Å²) in [6.07, 6.45) is 0.817. The number of morpholine rings is 1. The summed E-state index contributed by atoms with van der Waals surface area (Å²) in [5, 5.41) is 14.8. The van der Waals surface area contributed by atoms with Crippen molar-refractivity contribution < 1.29 is 19.3 Å². The van der Waals surface area contributed by atoms with Crippen molar-refractivity contribution in [2.24, 2.45) is 0 Å². The summed E-state index contributed by atoms with van der Waals surface area (Å²) in [6, 6.07) is 8.21. The van der Waals surface area contributed by atoms with Crippen molar-refractivity contribution in [2.45, 2.75) is 36.8 Å². The Morgan fingerprint density at radius 3 is 2.43 bits per heavy atom. The molecule has 0 saturated carbocycles. The topological polar surface area (TPSA) is 60.0 Å². The van der Waals surface area contributed by atoms with E-state index in [1.54, 1.807) is 14.2 Å². The second-order valence-electron chi connectivity index (χ2n) is 5.93. The molecule has 3 rings (SSSR count). The van der Waals surface area contributed by atoms with Crippen LogP contribution in [0, 0.1) is 0 Å². The average Bonchev–Trinajstić information content (AvgIpc) is 2.48. The highest BCUT2D eigenvalue weighted by molar-refractivity contribution is 5.34. The van der Waals surface area contributed by atoms with Crippen LogP contribution < -0.4 is 5.32 Å². The van der Waals surface area contributed by atoms with Gasteiger partial charge in [0, 0.05) is 31.9 Å². The van der Waals surface area contributed by atoms with E-state index < -0.39 is 11.9 Å². The maximum Gasteiger partial charge on any atom is 0.183 e. The number of nitrogens with one attached hydrogen (secondary N) is 1. The van der Waals surface area contributed by atoms with E-state index in [0.717, 1.165) is 11.1 Å². The monoisotopic (exact) mass is 293 g/mol. The summed E-state index contributed by atoms with van der Waals surface area (Å²) in [7, 11) is 3.22. The molecule has 1 aromatic rings. The molecule has 0 spiro atoms. The summed E-state index contributed by atoms with van der Waals surface area (Å²) >= 11 is 0. The lowest BCUT2D eigenvalue weighted by atomic mass is 9.76. The Labute approximate surface area is 125 Å². The van der Waals surface area contributed by atoms with E-state index in [1.165, 1.54) is 0 Å². The lowest BCUT2D eigenvalue weighted by Gasteiger charge is -2.46. The molecule has 116 valence electrons. The molecule has 2 fully saturated rings. The van der Waals surface area contributed by atoms with Gasteiger partial charge in [-0.1, -0.05) is 24.3 Å². The molecule has 2 aliphatic heterocycles. The molecule has 2 N–H and O–H groups in total. The molecule has 0 radical (unpaired) electrons. The zero-order valence-corrected chi connectivity index (χ0v) is 12.5. The first-order chi connectivity index (χ1) is 10.2. The molecule has 2 bridgehead atoms. The van der Waals surface area contributed by atoms with Crippen molar-refractivity contribution in [3.05, 3.63) is 35.4 Å². The maximum absolute atomic E-state index is 11.3. The zero-order chi connectivity index (χ0) is 14.9. The lowest BCUT2D eigenvalue weighted by Crippen LogP contribution is -2.58. The number of hydrogen-bond donors (Lipinski definition) is 2. The van der Waals surface area contributed by atoms with Crippen molar-refractivity contribution >= 4 is 0 Å². The molecular weight excluding hydrogens is 270 g/mol. The Kier molecular flexibility index (Phi) is 4.28. The van der Waals surface area contributed by atoms with E-state index in [9.17, 15) is 5.11 Å². The number of methoxy groups -OCH3 is 2. The largest absolute Gasteiger partial charge is 0.385 e. The Morgan fingerprint density at radius 2 is 1.81 bits per heavy atom. The number of fused-ring (bicyclic) bond motifs is 2. The minimum atomic E-state index is -0.865. The normalized spacial score (nSPS) is 32.4. The zero-order valence-electron chi connectivity index (χ0n) is 12.5. The van der Waals surface area contributed by atoms with Crippen LogP contribution >= 0.6 is 0 Å². The van der Waals surface area contributed by atoms with Gasteiger partial charge in [0.2, 0.25) is 0 Å². The molecule has 1 aromatic carbocycles. The number of benzene rings is 1. The van der Waals surface area contributed by atoms with Gasteiger partial charge in [0.05, 0.1) is 18.8 Å². The minimum absolute atomic E-state index is 0.194. The highest BCUT2D eigenvalue weighted by Crippen LogP contribution is 2.40. The van der Waals surface area contributed by atoms with Crippen LogP contribution in [-0.4, -0.2) is 44.6 Å². The van der Waals surface area contributed by atoms with Crippen LogP contribution in [0.1, 0.15) is 30.3 Å². The molecule has 0 aromatic heterocycles. The number of piperidine rings is 1. The van der Waals surface area contributed by atoms with Crippen molar-refractivity contribution in [3.63, 3.8) is 0 Å². The Hall–Kier alpha value is -0.980. The fraction of sp³-hybridized carbons (Fsp3) is 0.625. The van der Waals surface area contributed by atoms with Crippen LogP contribution in [0.3, 0.4) is 0 Å². The average molecular weight is 293 g/mol. The van der Waals surface area contributed by atoms with Crippen molar-refractivity contribution in [1.29, 1.82) is 0 Å². The van der Waals surface area contributed by atoms with Crippen LogP contribution in [0.5, 0.6) is 0 Å². The number of ether oxygens (including phenoxy) is 3. The molecule has 5 nitrogen and oxygen atoms in total. The minimum Gasteiger partial charge on any atom is -0.385 e. The number of hydrogen-bond acceptors (Lipinski definition) is 5. The maximum atomic E-state index is 11.3. The second-order valence-corrected chi connectivity index (χ2v) is 5.93. The molecule has 5 heteroatoms. The molecule has 2 unspecified atom stereocenters. The van der Waals surface area contributed by atoms with Crippen LogP contribution in [0.15, 0.2) is 24.3 Å². The SMILES string of the molecule is COC(OC)c1ccccc1C1(O)CC2COCC(C1)N2. The number of aliphatic hydroxyl groups is 1. The van der Waals surface area contributed by atoms with E-state index in [4.69, 9.17) is 14.2 Å². The third-order valence-electron chi connectivity index (χ3n) is 4.42. The summed E-state index contributed by atoms with van der Waals surface area (Å²) in [5.41, 5.74) is 0.930. The van der Waals surface area contributed by atoms with E-state index in [-0.39, 0.29) is 12.1 Å². The fourth-order valence-electron chi connectivity index (χ4n) is 3.61.